The molecule has 6 nitrogen and oxygen atoms in total. The van der Waals surface area contributed by atoms with E-state index in [4.69, 9.17) is 4.74 Å². The number of benzene rings is 1. The molecule has 17 heavy (non-hydrogen) atoms. The minimum atomic E-state index is -0.701. The molecule has 0 radical (unpaired) electrons. The first-order valence-electron chi connectivity index (χ1n) is 4.89. The number of hydrogen-bond donors (Lipinski definition) is 1. The van der Waals surface area contributed by atoms with Crippen LogP contribution in [0.15, 0.2) is 23.0 Å². The summed E-state index contributed by atoms with van der Waals surface area (Å²) < 4.78 is 5.00. The highest BCUT2D eigenvalue weighted by Crippen LogP contribution is 2.27. The molecule has 88 valence electrons. The van der Waals surface area contributed by atoms with Gasteiger partial charge in [-0.25, -0.2) is 0 Å². The maximum Gasteiger partial charge on any atom is 0.341 e. The summed E-state index contributed by atoms with van der Waals surface area (Å²) in [5.74, 6) is 0.477. The highest BCUT2D eigenvalue weighted by Gasteiger charge is 2.19. The van der Waals surface area contributed by atoms with Crippen molar-refractivity contribution in [2.45, 2.75) is 6.92 Å². The van der Waals surface area contributed by atoms with Crippen molar-refractivity contribution in [3.05, 3.63) is 44.4 Å². The average molecular weight is 234 g/mol. The SMILES string of the molecule is COc1ccc2c(C)[nH]c(=O)c([N+](=O)[O-])c2c1. The summed E-state index contributed by atoms with van der Waals surface area (Å²) in [5, 5.41) is 11.8. The van der Waals surface area contributed by atoms with Crippen molar-refractivity contribution >= 4 is 16.5 Å². The van der Waals surface area contributed by atoms with Crippen molar-refractivity contribution in [2.75, 3.05) is 7.11 Å². The van der Waals surface area contributed by atoms with Gasteiger partial charge in [-0.15, -0.1) is 0 Å². The minimum absolute atomic E-state index is 0.288. The monoisotopic (exact) mass is 234 g/mol. The molecular weight excluding hydrogens is 224 g/mol. The molecule has 0 spiro atoms. The van der Waals surface area contributed by atoms with Crippen molar-refractivity contribution in [2.24, 2.45) is 0 Å². The third-order valence-corrected chi connectivity index (χ3v) is 2.58. The van der Waals surface area contributed by atoms with Crippen LogP contribution in [0, 0.1) is 17.0 Å². The summed E-state index contributed by atoms with van der Waals surface area (Å²) in [5.41, 5.74) is -0.559. The normalized spacial score (nSPS) is 10.5. The second-order valence-electron chi connectivity index (χ2n) is 3.60. The van der Waals surface area contributed by atoms with Crippen LogP contribution < -0.4 is 10.3 Å². The third kappa shape index (κ3) is 1.73. The summed E-state index contributed by atoms with van der Waals surface area (Å²) >= 11 is 0. The van der Waals surface area contributed by atoms with Crippen LogP contribution in [-0.4, -0.2) is 17.0 Å². The molecule has 1 N–H and O–H groups in total. The Bertz CT molecular complexity index is 660. The number of fused-ring (bicyclic) bond motifs is 1. The predicted octanol–water partition coefficient (Wildman–Crippen LogP) is 1.75. The maximum absolute atomic E-state index is 11.6. The van der Waals surface area contributed by atoms with Gasteiger partial charge in [0.2, 0.25) is 0 Å². The number of H-pyrrole nitrogens is 1. The molecule has 6 heteroatoms. The van der Waals surface area contributed by atoms with Crippen molar-refractivity contribution in [1.29, 1.82) is 0 Å². The molecule has 0 amide bonds. The second kappa shape index (κ2) is 3.89. The van der Waals surface area contributed by atoms with Crippen LogP contribution in [0.5, 0.6) is 5.75 Å². The van der Waals surface area contributed by atoms with Crippen molar-refractivity contribution < 1.29 is 9.66 Å². The zero-order valence-corrected chi connectivity index (χ0v) is 9.31. The first kappa shape index (κ1) is 11.1. The fourth-order valence-electron chi connectivity index (χ4n) is 1.77. The fraction of sp³-hybridized carbons (Fsp3) is 0.182. The van der Waals surface area contributed by atoms with E-state index in [0.717, 1.165) is 0 Å². The molecule has 0 aliphatic carbocycles. The van der Waals surface area contributed by atoms with Crippen LogP contribution in [0.3, 0.4) is 0 Å². The molecule has 0 saturated heterocycles. The zero-order chi connectivity index (χ0) is 12.6. The van der Waals surface area contributed by atoms with Crippen LogP contribution in [0.25, 0.3) is 10.8 Å². The number of nitro groups is 1. The molecule has 0 bridgehead atoms. The molecular formula is C11H10N2O4. The lowest BCUT2D eigenvalue weighted by Crippen LogP contribution is -2.13. The van der Waals surface area contributed by atoms with Gasteiger partial charge in [0.05, 0.1) is 17.4 Å². The van der Waals surface area contributed by atoms with E-state index in [-0.39, 0.29) is 5.39 Å². The van der Waals surface area contributed by atoms with E-state index in [1.807, 2.05) is 0 Å². The van der Waals surface area contributed by atoms with E-state index >= 15 is 0 Å². The van der Waals surface area contributed by atoms with E-state index in [1.165, 1.54) is 13.2 Å². The third-order valence-electron chi connectivity index (χ3n) is 2.58. The largest absolute Gasteiger partial charge is 0.497 e. The molecule has 0 aliphatic rings. The standard InChI is InChI=1S/C11H10N2O4/c1-6-8-4-3-7(17-2)5-9(8)10(13(15)16)11(14)12-6/h3-5H,1-2H3,(H,12,14). The van der Waals surface area contributed by atoms with Crippen molar-refractivity contribution in [3.63, 3.8) is 0 Å². The average Bonchev–Trinajstić information content (AvgIpc) is 2.27. The number of hydrogen-bond acceptors (Lipinski definition) is 4. The first-order valence-corrected chi connectivity index (χ1v) is 4.89. The minimum Gasteiger partial charge on any atom is -0.497 e. The van der Waals surface area contributed by atoms with Gasteiger partial charge in [-0.05, 0) is 25.1 Å². The Kier molecular flexibility index (Phi) is 2.55. The zero-order valence-electron chi connectivity index (χ0n) is 9.31. The Morgan fingerprint density at radius 1 is 1.35 bits per heavy atom. The van der Waals surface area contributed by atoms with E-state index in [1.54, 1.807) is 19.1 Å². The lowest BCUT2D eigenvalue weighted by molar-refractivity contribution is -0.384. The number of aryl methyl sites for hydroxylation is 1. The Morgan fingerprint density at radius 2 is 2.06 bits per heavy atom. The molecule has 0 unspecified atom stereocenters. The van der Waals surface area contributed by atoms with Gasteiger partial charge in [0.1, 0.15) is 5.75 Å². The van der Waals surface area contributed by atoms with E-state index in [2.05, 4.69) is 4.98 Å². The van der Waals surface area contributed by atoms with E-state index in [9.17, 15) is 14.9 Å². The summed E-state index contributed by atoms with van der Waals surface area (Å²) in [6.45, 7) is 1.69. The van der Waals surface area contributed by atoms with Crippen LogP contribution >= 0.6 is 0 Å². The number of aromatic nitrogens is 1. The highest BCUT2D eigenvalue weighted by molar-refractivity contribution is 5.92. The number of nitrogens with zero attached hydrogens (tertiary/aromatic N) is 1. The van der Waals surface area contributed by atoms with Gasteiger partial charge in [-0.1, -0.05) is 0 Å². The molecule has 1 heterocycles. The first-order chi connectivity index (χ1) is 8.04. The van der Waals surface area contributed by atoms with Gasteiger partial charge < -0.3 is 9.72 Å². The maximum atomic E-state index is 11.6. The number of pyridine rings is 1. The lowest BCUT2D eigenvalue weighted by atomic mass is 10.1. The van der Waals surface area contributed by atoms with Crippen LogP contribution in [0.1, 0.15) is 5.69 Å². The predicted molar refractivity (Wildman–Crippen MR) is 62.5 cm³/mol. The van der Waals surface area contributed by atoms with Gasteiger partial charge >= 0.3 is 11.2 Å². The van der Waals surface area contributed by atoms with E-state index < -0.39 is 16.2 Å². The number of ether oxygens (including phenoxy) is 1. The molecule has 0 saturated carbocycles. The molecule has 1 aromatic heterocycles. The van der Waals surface area contributed by atoms with Crippen LogP contribution in [0.4, 0.5) is 5.69 Å². The van der Waals surface area contributed by atoms with Gasteiger partial charge in [-0.2, -0.15) is 0 Å². The fourth-order valence-corrected chi connectivity index (χ4v) is 1.77. The van der Waals surface area contributed by atoms with Crippen LogP contribution in [0.2, 0.25) is 0 Å². The number of aromatic amines is 1. The lowest BCUT2D eigenvalue weighted by Gasteiger charge is -2.05. The highest BCUT2D eigenvalue weighted by atomic mass is 16.6. The van der Waals surface area contributed by atoms with Gasteiger partial charge in [0, 0.05) is 11.1 Å². The van der Waals surface area contributed by atoms with E-state index in [0.29, 0.717) is 16.8 Å². The van der Waals surface area contributed by atoms with Crippen LogP contribution in [-0.2, 0) is 0 Å². The molecule has 2 rings (SSSR count). The summed E-state index contributed by atoms with van der Waals surface area (Å²) in [4.78, 5) is 24.2. The molecule has 0 atom stereocenters. The Morgan fingerprint density at radius 3 is 2.65 bits per heavy atom. The molecule has 1 aromatic carbocycles. The van der Waals surface area contributed by atoms with Gasteiger partial charge in [0.25, 0.3) is 0 Å². The number of rotatable bonds is 2. The van der Waals surface area contributed by atoms with Gasteiger partial charge in [-0.3, -0.25) is 14.9 Å². The number of methoxy groups -OCH3 is 1. The Hall–Kier alpha value is -2.37. The molecule has 0 fully saturated rings. The van der Waals surface area contributed by atoms with Crippen molar-refractivity contribution in [1.82, 2.24) is 4.98 Å². The van der Waals surface area contributed by atoms with Gasteiger partial charge in [0.15, 0.2) is 0 Å². The number of nitrogens with one attached hydrogen (secondary N) is 1. The smallest absolute Gasteiger partial charge is 0.341 e. The van der Waals surface area contributed by atoms with Crippen molar-refractivity contribution in [3.8, 4) is 5.75 Å². The summed E-state index contributed by atoms with van der Waals surface area (Å²) in [6.07, 6.45) is 0. The second-order valence-corrected chi connectivity index (χ2v) is 3.60. The topological polar surface area (TPSA) is 85.2 Å². The Balaban J connectivity index is 2.96. The summed E-state index contributed by atoms with van der Waals surface area (Å²) in [7, 11) is 1.47. The Labute approximate surface area is 96.0 Å². The molecule has 0 aliphatic heterocycles. The quantitative estimate of drug-likeness (QED) is 0.633. The summed E-state index contributed by atoms with van der Waals surface area (Å²) in [6, 6.07) is 4.87. The molecule has 2 aromatic rings.